The first-order valence-corrected chi connectivity index (χ1v) is 12.0. The molecule has 2 heterocycles. The Hall–Kier alpha value is -3.87. The average Bonchev–Trinajstić information content (AvgIpc) is 2.88. The summed E-state index contributed by atoms with van der Waals surface area (Å²) in [6, 6.07) is 9.97. The summed E-state index contributed by atoms with van der Waals surface area (Å²) in [7, 11) is -2.83. The molecule has 4 rings (SSSR count). The molecule has 0 spiro atoms. The van der Waals surface area contributed by atoms with Crippen molar-refractivity contribution in [2.45, 2.75) is 24.4 Å². The van der Waals surface area contributed by atoms with Crippen molar-refractivity contribution in [2.24, 2.45) is 0 Å². The van der Waals surface area contributed by atoms with Crippen molar-refractivity contribution < 1.29 is 41.0 Å². The van der Waals surface area contributed by atoms with E-state index in [4.69, 9.17) is 14.6 Å². The van der Waals surface area contributed by atoms with Crippen LogP contribution >= 0.6 is 0 Å². The average molecular weight is 526 g/mol. The summed E-state index contributed by atoms with van der Waals surface area (Å²) in [5.74, 6) is 0.162. The first-order valence-electron chi connectivity index (χ1n) is 10.5. The van der Waals surface area contributed by atoms with E-state index in [0.29, 0.717) is 23.3 Å². The molecule has 0 amide bonds. The van der Waals surface area contributed by atoms with Crippen LogP contribution in [0.25, 0.3) is 11.4 Å². The summed E-state index contributed by atoms with van der Waals surface area (Å²) in [4.78, 5) is 17.3. The number of benzene rings is 2. The minimum atomic E-state index is -4.66. The van der Waals surface area contributed by atoms with Crippen molar-refractivity contribution in [3.05, 3.63) is 60.3 Å². The minimum Gasteiger partial charge on any atom is -0.489 e. The van der Waals surface area contributed by atoms with Crippen molar-refractivity contribution in [3.8, 4) is 23.0 Å². The molecule has 192 valence electrons. The Morgan fingerprint density at radius 1 is 1.19 bits per heavy atom. The van der Waals surface area contributed by atoms with Gasteiger partial charge in [-0.25, -0.2) is 13.4 Å². The number of carboxylic acids is 1. The highest BCUT2D eigenvalue weighted by atomic mass is 32.2. The molecular weight excluding hydrogens is 503 g/mol. The second kappa shape index (κ2) is 10.8. The van der Waals surface area contributed by atoms with Gasteiger partial charge in [-0.1, -0.05) is 13.0 Å². The van der Waals surface area contributed by atoms with Crippen molar-refractivity contribution in [2.75, 3.05) is 24.6 Å². The molecule has 3 aromatic rings. The van der Waals surface area contributed by atoms with Gasteiger partial charge in [-0.3, -0.25) is 9.10 Å². The number of aliphatic carboxylic acids is 1. The number of ether oxygens (including phenoxy) is 2. The third-order valence-corrected chi connectivity index (χ3v) is 6.74. The number of halogens is 3. The highest BCUT2D eigenvalue weighted by Crippen LogP contribution is 2.39. The Kier molecular flexibility index (Phi) is 8.03. The zero-order chi connectivity index (χ0) is 26.5. The van der Waals surface area contributed by atoms with E-state index in [0.717, 1.165) is 22.5 Å². The van der Waals surface area contributed by atoms with Crippen LogP contribution in [0.5, 0.6) is 11.6 Å². The topological polar surface area (TPSA) is 119 Å². The lowest BCUT2D eigenvalue weighted by Crippen LogP contribution is -2.38. The predicted molar refractivity (Wildman–Crippen MR) is 123 cm³/mol. The van der Waals surface area contributed by atoms with Crippen LogP contribution in [0.1, 0.15) is 18.9 Å². The van der Waals surface area contributed by atoms with Gasteiger partial charge in [0, 0.05) is 24.2 Å². The summed E-state index contributed by atoms with van der Waals surface area (Å²) >= 11 is 0. The Bertz CT molecular complexity index is 1350. The molecule has 13 heteroatoms. The number of alkyl halides is 3. The zero-order valence-corrected chi connectivity index (χ0v) is 20.0. The van der Waals surface area contributed by atoms with E-state index < -0.39 is 32.6 Å². The van der Waals surface area contributed by atoms with Crippen LogP contribution in [-0.4, -0.2) is 49.7 Å². The van der Waals surface area contributed by atoms with E-state index in [1.165, 1.54) is 19.4 Å². The summed E-state index contributed by atoms with van der Waals surface area (Å²) < 4.78 is 77.4. The van der Waals surface area contributed by atoms with Gasteiger partial charge in [0.2, 0.25) is 5.88 Å². The zero-order valence-electron chi connectivity index (χ0n) is 19.2. The molecule has 0 atom stereocenters. The molecule has 0 aliphatic carbocycles. The fraction of sp³-hybridized carbons (Fsp3) is 0.261. The lowest BCUT2D eigenvalue weighted by atomic mass is 10.1. The number of carboxylic acid groups (broad SMARTS) is 1. The number of carbonyl (C=O) groups is 1. The standard InChI is InChI=1S/C20H16F3N3O4S.C3H6O2/c1-29-18-7-8-24-19(25-18)13-5-6-17-16(11-13)26(9-10-30-17)31(27,28)15-4-2-3-14(12-15)20(21,22)23;1-2-3(4)5/h2-8,11-12H,9-10H2,1H3;2H2,1H3,(H,4,5). The normalized spacial score (nSPS) is 13.1. The lowest BCUT2D eigenvalue weighted by molar-refractivity contribution is -0.138. The van der Waals surface area contributed by atoms with E-state index >= 15 is 0 Å². The van der Waals surface area contributed by atoms with E-state index in [1.807, 2.05) is 0 Å². The molecule has 0 unspecified atom stereocenters. The van der Waals surface area contributed by atoms with Gasteiger partial charge < -0.3 is 14.6 Å². The fourth-order valence-corrected chi connectivity index (χ4v) is 4.63. The predicted octanol–water partition coefficient (Wildman–Crippen LogP) is 4.24. The maximum absolute atomic E-state index is 13.2. The van der Waals surface area contributed by atoms with Gasteiger partial charge in [-0.05, 0) is 36.4 Å². The van der Waals surface area contributed by atoms with Crippen molar-refractivity contribution in [1.29, 1.82) is 0 Å². The molecule has 1 aromatic heterocycles. The third-order valence-electron chi connectivity index (χ3n) is 4.93. The van der Waals surface area contributed by atoms with E-state index in [-0.39, 0.29) is 31.0 Å². The number of nitrogens with zero attached hydrogens (tertiary/aromatic N) is 3. The molecule has 0 radical (unpaired) electrons. The number of methoxy groups -OCH3 is 1. The minimum absolute atomic E-state index is 0.0558. The Balaban J connectivity index is 0.000000658. The molecule has 0 saturated heterocycles. The maximum Gasteiger partial charge on any atom is 0.416 e. The number of rotatable bonds is 5. The van der Waals surface area contributed by atoms with Crippen molar-refractivity contribution >= 4 is 21.7 Å². The van der Waals surface area contributed by atoms with Gasteiger partial charge >= 0.3 is 12.1 Å². The van der Waals surface area contributed by atoms with Crippen LogP contribution in [0.2, 0.25) is 0 Å². The van der Waals surface area contributed by atoms with Gasteiger partial charge in [0.25, 0.3) is 10.0 Å². The molecule has 0 bridgehead atoms. The quantitative estimate of drug-likeness (QED) is 0.526. The van der Waals surface area contributed by atoms with Crippen molar-refractivity contribution in [3.63, 3.8) is 0 Å². The fourth-order valence-electron chi connectivity index (χ4n) is 3.14. The number of anilines is 1. The molecule has 1 N–H and O–H groups in total. The number of hydrogen-bond donors (Lipinski definition) is 1. The maximum atomic E-state index is 13.2. The van der Waals surface area contributed by atoms with Crippen LogP contribution in [0.3, 0.4) is 0 Å². The van der Waals surface area contributed by atoms with Gasteiger partial charge in [-0.15, -0.1) is 0 Å². The van der Waals surface area contributed by atoms with Gasteiger partial charge in [0.05, 0.1) is 29.8 Å². The molecule has 0 saturated carbocycles. The number of hydrogen-bond acceptors (Lipinski definition) is 7. The second-order valence-corrected chi connectivity index (χ2v) is 9.17. The van der Waals surface area contributed by atoms with Gasteiger partial charge in [0.15, 0.2) is 5.82 Å². The largest absolute Gasteiger partial charge is 0.489 e. The highest BCUT2D eigenvalue weighted by molar-refractivity contribution is 7.92. The summed E-state index contributed by atoms with van der Waals surface area (Å²) in [6.07, 6.45) is -2.94. The van der Waals surface area contributed by atoms with Crippen LogP contribution in [0, 0.1) is 0 Å². The summed E-state index contributed by atoms with van der Waals surface area (Å²) in [5, 5.41) is 7.72. The highest BCUT2D eigenvalue weighted by Gasteiger charge is 2.35. The first kappa shape index (κ1) is 26.7. The molecule has 9 nitrogen and oxygen atoms in total. The molecular formula is C23H22F3N3O6S. The molecule has 1 aliphatic rings. The second-order valence-electron chi connectivity index (χ2n) is 7.30. The van der Waals surface area contributed by atoms with E-state index in [2.05, 4.69) is 9.97 Å². The van der Waals surface area contributed by atoms with Gasteiger partial charge in [-0.2, -0.15) is 18.2 Å². The Labute approximate surface area is 205 Å². The van der Waals surface area contributed by atoms with Crippen molar-refractivity contribution in [1.82, 2.24) is 9.97 Å². The van der Waals surface area contributed by atoms with Crippen LogP contribution in [-0.2, 0) is 21.0 Å². The first-order chi connectivity index (χ1) is 17.0. The number of sulfonamides is 1. The van der Waals surface area contributed by atoms with Crippen LogP contribution in [0.4, 0.5) is 18.9 Å². The summed E-state index contributed by atoms with van der Waals surface area (Å²) in [6.45, 7) is 1.59. The molecule has 0 fully saturated rings. The van der Waals surface area contributed by atoms with Crippen LogP contribution in [0.15, 0.2) is 59.6 Å². The smallest absolute Gasteiger partial charge is 0.416 e. The third kappa shape index (κ3) is 6.03. The lowest BCUT2D eigenvalue weighted by Gasteiger charge is -2.31. The molecule has 1 aliphatic heterocycles. The molecule has 36 heavy (non-hydrogen) atoms. The number of aromatic nitrogens is 2. The number of fused-ring (bicyclic) bond motifs is 1. The SMILES string of the molecule is CCC(=O)O.COc1ccnc(-c2ccc3c(c2)N(S(=O)(=O)c2cccc(C(F)(F)F)c2)CCO3)n1. The molecule has 2 aromatic carbocycles. The summed E-state index contributed by atoms with van der Waals surface area (Å²) in [5.41, 5.74) is -0.361. The monoisotopic (exact) mass is 525 g/mol. The Morgan fingerprint density at radius 2 is 1.92 bits per heavy atom. The van der Waals surface area contributed by atoms with E-state index in [1.54, 1.807) is 25.1 Å². The van der Waals surface area contributed by atoms with Crippen LogP contribution < -0.4 is 13.8 Å². The Morgan fingerprint density at radius 3 is 2.56 bits per heavy atom. The van der Waals surface area contributed by atoms with Gasteiger partial charge in [0.1, 0.15) is 12.4 Å². The van der Waals surface area contributed by atoms with E-state index in [9.17, 15) is 26.4 Å².